The van der Waals surface area contributed by atoms with Gasteiger partial charge in [0.15, 0.2) is 0 Å². The number of likely N-dealkylation sites (N-methyl/N-ethyl adjacent to an activating group) is 1. The van der Waals surface area contributed by atoms with E-state index >= 15 is 0 Å². The molecule has 0 saturated carbocycles. The zero-order valence-corrected chi connectivity index (χ0v) is 12.5. The van der Waals surface area contributed by atoms with Crippen molar-refractivity contribution >= 4 is 5.91 Å². The molecule has 1 aromatic carbocycles. The SMILES string of the molecule is C[C@H](N)N(C)C(=O)[C@@H](c1ccccc1)N1CCCCC1. The van der Waals surface area contributed by atoms with E-state index in [1.165, 1.54) is 19.3 Å². The van der Waals surface area contributed by atoms with Gasteiger partial charge in [-0.1, -0.05) is 36.8 Å². The highest BCUT2D eigenvalue weighted by Gasteiger charge is 2.31. The number of hydrogen-bond acceptors (Lipinski definition) is 3. The van der Waals surface area contributed by atoms with Crippen LogP contribution in [-0.4, -0.2) is 42.0 Å². The highest BCUT2D eigenvalue weighted by Crippen LogP contribution is 2.26. The molecule has 0 unspecified atom stereocenters. The van der Waals surface area contributed by atoms with Crippen LogP contribution in [0.1, 0.15) is 37.8 Å². The monoisotopic (exact) mass is 275 g/mol. The minimum atomic E-state index is -0.265. The van der Waals surface area contributed by atoms with Crippen molar-refractivity contribution in [1.29, 1.82) is 0 Å². The third-order valence-corrected chi connectivity index (χ3v) is 4.06. The number of hydrogen-bond donors (Lipinski definition) is 1. The second kappa shape index (κ2) is 6.86. The van der Waals surface area contributed by atoms with Gasteiger partial charge in [-0.15, -0.1) is 0 Å². The molecule has 2 N–H and O–H groups in total. The number of carbonyl (C=O) groups is 1. The molecule has 1 aliphatic heterocycles. The van der Waals surface area contributed by atoms with Crippen molar-refractivity contribution in [3.05, 3.63) is 35.9 Å². The molecule has 2 atom stereocenters. The summed E-state index contributed by atoms with van der Waals surface area (Å²) in [6.45, 7) is 3.81. The van der Waals surface area contributed by atoms with Gasteiger partial charge in [-0.3, -0.25) is 9.69 Å². The summed E-state index contributed by atoms with van der Waals surface area (Å²) in [5, 5.41) is 0. The first-order valence-electron chi connectivity index (χ1n) is 7.42. The van der Waals surface area contributed by atoms with Crippen LogP contribution < -0.4 is 5.73 Å². The van der Waals surface area contributed by atoms with Crippen LogP contribution in [0.3, 0.4) is 0 Å². The normalized spacial score (nSPS) is 19.4. The fraction of sp³-hybridized carbons (Fsp3) is 0.562. The predicted molar refractivity (Wildman–Crippen MR) is 81.0 cm³/mol. The summed E-state index contributed by atoms with van der Waals surface area (Å²) in [6, 6.07) is 9.83. The van der Waals surface area contributed by atoms with Crippen molar-refractivity contribution in [2.75, 3.05) is 20.1 Å². The Bertz CT molecular complexity index is 427. The molecule has 0 spiro atoms. The summed E-state index contributed by atoms with van der Waals surface area (Å²) in [5.41, 5.74) is 6.93. The molecular weight excluding hydrogens is 250 g/mol. The van der Waals surface area contributed by atoms with Crippen LogP contribution in [0.4, 0.5) is 0 Å². The highest BCUT2D eigenvalue weighted by molar-refractivity contribution is 5.83. The van der Waals surface area contributed by atoms with Gasteiger partial charge in [-0.2, -0.15) is 0 Å². The largest absolute Gasteiger partial charge is 0.329 e. The van der Waals surface area contributed by atoms with Crippen LogP contribution in [0, 0.1) is 0 Å². The minimum absolute atomic E-state index is 0.0908. The van der Waals surface area contributed by atoms with Gasteiger partial charge in [0.25, 0.3) is 0 Å². The van der Waals surface area contributed by atoms with Crippen LogP contribution in [0.2, 0.25) is 0 Å². The van der Waals surface area contributed by atoms with E-state index in [1.54, 1.807) is 11.9 Å². The van der Waals surface area contributed by atoms with Crippen molar-refractivity contribution in [2.24, 2.45) is 5.73 Å². The summed E-state index contributed by atoms with van der Waals surface area (Å²) in [6.07, 6.45) is 3.32. The maximum atomic E-state index is 12.8. The lowest BCUT2D eigenvalue weighted by atomic mass is 10.0. The smallest absolute Gasteiger partial charge is 0.245 e. The average molecular weight is 275 g/mol. The van der Waals surface area contributed by atoms with Gasteiger partial charge < -0.3 is 10.6 Å². The molecular formula is C16H25N3O. The van der Waals surface area contributed by atoms with Crippen molar-refractivity contribution in [1.82, 2.24) is 9.80 Å². The molecule has 110 valence electrons. The maximum absolute atomic E-state index is 12.8. The van der Waals surface area contributed by atoms with Gasteiger partial charge in [-0.05, 0) is 38.4 Å². The van der Waals surface area contributed by atoms with Gasteiger partial charge in [0.2, 0.25) is 5.91 Å². The van der Waals surface area contributed by atoms with E-state index in [1.807, 2.05) is 37.3 Å². The standard InChI is InChI=1S/C16H25N3O/c1-13(17)18(2)16(20)15(14-9-5-3-6-10-14)19-11-7-4-8-12-19/h3,5-6,9-10,13,15H,4,7-8,11-12,17H2,1-2H3/t13-,15-/m1/s1. The molecule has 1 aromatic rings. The number of rotatable bonds is 4. The highest BCUT2D eigenvalue weighted by atomic mass is 16.2. The van der Waals surface area contributed by atoms with Crippen LogP contribution in [0.15, 0.2) is 30.3 Å². The second-order valence-electron chi connectivity index (χ2n) is 5.60. The Morgan fingerprint density at radius 1 is 1.20 bits per heavy atom. The average Bonchev–Trinajstić information content (AvgIpc) is 2.48. The van der Waals surface area contributed by atoms with E-state index in [0.29, 0.717) is 0 Å². The summed E-state index contributed by atoms with van der Waals surface area (Å²) in [4.78, 5) is 16.7. The number of carbonyl (C=O) groups excluding carboxylic acids is 1. The molecule has 4 nitrogen and oxygen atoms in total. The number of nitrogens with zero attached hydrogens (tertiary/aromatic N) is 2. The topological polar surface area (TPSA) is 49.6 Å². The Morgan fingerprint density at radius 2 is 1.80 bits per heavy atom. The fourth-order valence-electron chi connectivity index (χ4n) is 2.72. The van der Waals surface area contributed by atoms with E-state index in [4.69, 9.17) is 5.73 Å². The fourth-order valence-corrected chi connectivity index (χ4v) is 2.72. The molecule has 1 amide bonds. The number of likely N-dealkylation sites (tertiary alicyclic amines) is 1. The molecule has 4 heteroatoms. The number of benzene rings is 1. The first kappa shape index (κ1) is 15.0. The van der Waals surface area contributed by atoms with Gasteiger partial charge in [0.1, 0.15) is 6.04 Å². The molecule has 20 heavy (non-hydrogen) atoms. The summed E-state index contributed by atoms with van der Waals surface area (Å²) >= 11 is 0. The first-order chi connectivity index (χ1) is 9.61. The van der Waals surface area contributed by atoms with E-state index in [9.17, 15) is 4.79 Å². The van der Waals surface area contributed by atoms with Gasteiger partial charge in [0, 0.05) is 7.05 Å². The molecule has 1 aliphatic rings. The molecule has 2 rings (SSSR count). The lowest BCUT2D eigenvalue weighted by Gasteiger charge is -2.36. The van der Waals surface area contributed by atoms with Gasteiger partial charge in [0.05, 0.1) is 6.17 Å². The van der Waals surface area contributed by atoms with Crippen LogP contribution in [0.5, 0.6) is 0 Å². The molecule has 0 radical (unpaired) electrons. The zero-order chi connectivity index (χ0) is 14.5. The Balaban J connectivity index is 2.26. The van der Waals surface area contributed by atoms with Crippen molar-refractivity contribution in [3.8, 4) is 0 Å². The van der Waals surface area contributed by atoms with Crippen molar-refractivity contribution < 1.29 is 4.79 Å². The van der Waals surface area contributed by atoms with Gasteiger partial charge >= 0.3 is 0 Å². The summed E-state index contributed by atoms with van der Waals surface area (Å²) in [5.74, 6) is 0.0908. The molecule has 1 heterocycles. The van der Waals surface area contributed by atoms with Crippen LogP contribution in [0.25, 0.3) is 0 Å². The Morgan fingerprint density at radius 3 is 2.35 bits per heavy atom. The third kappa shape index (κ3) is 3.38. The number of piperidine rings is 1. The molecule has 1 saturated heterocycles. The van der Waals surface area contributed by atoms with E-state index < -0.39 is 0 Å². The van der Waals surface area contributed by atoms with Crippen molar-refractivity contribution in [3.63, 3.8) is 0 Å². The minimum Gasteiger partial charge on any atom is -0.329 e. The number of amides is 1. The quantitative estimate of drug-likeness (QED) is 0.855. The maximum Gasteiger partial charge on any atom is 0.245 e. The molecule has 0 aliphatic carbocycles. The predicted octanol–water partition coefficient (Wildman–Crippen LogP) is 1.98. The summed E-state index contributed by atoms with van der Waals surface area (Å²) < 4.78 is 0. The Labute approximate surface area is 121 Å². The lowest BCUT2D eigenvalue weighted by Crippen LogP contribution is -2.48. The summed E-state index contributed by atoms with van der Waals surface area (Å²) in [7, 11) is 1.78. The van der Waals surface area contributed by atoms with Crippen LogP contribution in [-0.2, 0) is 4.79 Å². The van der Waals surface area contributed by atoms with Crippen molar-refractivity contribution in [2.45, 2.75) is 38.4 Å². The van der Waals surface area contributed by atoms with Crippen LogP contribution >= 0.6 is 0 Å². The van der Waals surface area contributed by atoms with E-state index in [-0.39, 0.29) is 18.1 Å². The molecule has 0 aromatic heterocycles. The van der Waals surface area contributed by atoms with E-state index in [2.05, 4.69) is 4.90 Å². The molecule has 0 bridgehead atoms. The zero-order valence-electron chi connectivity index (χ0n) is 12.5. The first-order valence-corrected chi connectivity index (χ1v) is 7.42. The molecule has 1 fully saturated rings. The third-order valence-electron chi connectivity index (χ3n) is 4.06. The Kier molecular flexibility index (Phi) is 5.15. The lowest BCUT2D eigenvalue weighted by molar-refractivity contribution is -0.138. The number of nitrogens with two attached hydrogens (primary N) is 1. The Hall–Kier alpha value is -1.39. The van der Waals surface area contributed by atoms with E-state index in [0.717, 1.165) is 18.7 Å². The van der Waals surface area contributed by atoms with Gasteiger partial charge in [-0.25, -0.2) is 0 Å². The second-order valence-corrected chi connectivity index (χ2v) is 5.60.